The number of hydrogen-bond donors (Lipinski definition) is 1. The van der Waals surface area contributed by atoms with E-state index in [-0.39, 0.29) is 16.9 Å². The van der Waals surface area contributed by atoms with Gasteiger partial charge in [-0.05, 0) is 62.5 Å². The van der Waals surface area contributed by atoms with E-state index in [0.717, 1.165) is 43.8 Å². The van der Waals surface area contributed by atoms with Crippen molar-refractivity contribution in [1.82, 2.24) is 4.90 Å². The average molecular weight is 324 g/mol. The highest BCUT2D eigenvalue weighted by Crippen LogP contribution is 2.46. The maximum Gasteiger partial charge on any atom is 0.0688 e. The van der Waals surface area contributed by atoms with E-state index in [1.807, 2.05) is 12.1 Å². The van der Waals surface area contributed by atoms with Gasteiger partial charge in [-0.3, -0.25) is 0 Å². The second-order valence-electron chi connectivity index (χ2n) is 7.61. The summed E-state index contributed by atoms with van der Waals surface area (Å²) in [6.07, 6.45) is 3.80. The van der Waals surface area contributed by atoms with Crippen LogP contribution >= 0.6 is 11.6 Å². The number of hydrogen-bond acceptors (Lipinski definition) is 2. The smallest absolute Gasteiger partial charge is 0.0688 e. The lowest BCUT2D eigenvalue weighted by atomic mass is 9.61. The summed E-state index contributed by atoms with van der Waals surface area (Å²) >= 11 is 6.07. The summed E-state index contributed by atoms with van der Waals surface area (Å²) < 4.78 is 0. The van der Waals surface area contributed by atoms with Gasteiger partial charge in [0, 0.05) is 10.4 Å². The van der Waals surface area contributed by atoms with Gasteiger partial charge in [-0.15, -0.1) is 0 Å². The number of aliphatic hydroxyl groups is 1. The molecule has 0 bridgehead atoms. The van der Waals surface area contributed by atoms with Crippen molar-refractivity contribution in [1.29, 1.82) is 0 Å². The van der Waals surface area contributed by atoms with Crippen molar-refractivity contribution in [3.63, 3.8) is 0 Å². The lowest BCUT2D eigenvalue weighted by Gasteiger charge is -2.49. The van der Waals surface area contributed by atoms with Crippen LogP contribution in [-0.4, -0.2) is 36.2 Å². The van der Waals surface area contributed by atoms with E-state index in [9.17, 15) is 5.11 Å². The number of nitrogens with zero attached hydrogens (tertiary/aromatic N) is 1. The molecule has 0 spiro atoms. The molecule has 1 unspecified atom stereocenters. The van der Waals surface area contributed by atoms with Gasteiger partial charge in [0.15, 0.2) is 0 Å². The van der Waals surface area contributed by atoms with E-state index in [0.29, 0.717) is 0 Å². The monoisotopic (exact) mass is 323 g/mol. The van der Waals surface area contributed by atoms with Crippen LogP contribution in [0.2, 0.25) is 5.02 Å². The summed E-state index contributed by atoms with van der Waals surface area (Å²) in [5, 5.41) is 12.1. The standard InChI is InChI=1S/C19H30ClNO/c1-5-10-18(2,3)17(22)19(11-13-21(4)14-12-19)15-6-8-16(20)9-7-15/h6-9,17,22H,5,10-14H2,1-4H3. The molecule has 22 heavy (non-hydrogen) atoms. The first-order valence-electron chi connectivity index (χ1n) is 8.44. The predicted molar refractivity (Wildman–Crippen MR) is 94.6 cm³/mol. The third kappa shape index (κ3) is 3.50. The molecule has 1 fully saturated rings. The highest BCUT2D eigenvalue weighted by atomic mass is 35.5. The molecule has 0 aromatic heterocycles. The lowest BCUT2D eigenvalue weighted by Crippen LogP contribution is -2.53. The summed E-state index contributed by atoms with van der Waals surface area (Å²) in [4.78, 5) is 2.35. The van der Waals surface area contributed by atoms with E-state index in [1.54, 1.807) is 0 Å². The first kappa shape index (κ1) is 17.8. The van der Waals surface area contributed by atoms with Crippen LogP contribution in [0.1, 0.15) is 52.0 Å². The second kappa shape index (κ2) is 6.90. The van der Waals surface area contributed by atoms with E-state index in [1.165, 1.54) is 5.56 Å². The molecule has 0 amide bonds. The average Bonchev–Trinajstić information content (AvgIpc) is 2.48. The van der Waals surface area contributed by atoms with Gasteiger partial charge >= 0.3 is 0 Å². The second-order valence-corrected chi connectivity index (χ2v) is 8.04. The number of halogens is 1. The zero-order valence-electron chi connectivity index (χ0n) is 14.4. The molecule has 1 heterocycles. The first-order valence-corrected chi connectivity index (χ1v) is 8.82. The van der Waals surface area contributed by atoms with Gasteiger partial charge in [0.25, 0.3) is 0 Å². The Morgan fingerprint density at radius 3 is 2.27 bits per heavy atom. The Morgan fingerprint density at radius 1 is 1.23 bits per heavy atom. The third-order valence-electron chi connectivity index (χ3n) is 5.46. The highest BCUT2D eigenvalue weighted by Gasteiger charge is 2.47. The molecular formula is C19H30ClNO. The summed E-state index contributed by atoms with van der Waals surface area (Å²) in [7, 11) is 2.16. The molecular weight excluding hydrogens is 294 g/mol. The van der Waals surface area contributed by atoms with Gasteiger partial charge in [-0.2, -0.15) is 0 Å². The summed E-state index contributed by atoms with van der Waals surface area (Å²) in [5.74, 6) is 0. The fourth-order valence-electron chi connectivity index (χ4n) is 4.05. The Hall–Kier alpha value is -0.570. The van der Waals surface area contributed by atoms with E-state index in [4.69, 9.17) is 11.6 Å². The van der Waals surface area contributed by atoms with Crippen LogP contribution in [0.4, 0.5) is 0 Å². The Morgan fingerprint density at radius 2 is 1.77 bits per heavy atom. The van der Waals surface area contributed by atoms with Gasteiger partial charge in [0.05, 0.1) is 6.10 Å². The van der Waals surface area contributed by atoms with Crippen molar-refractivity contribution < 1.29 is 5.11 Å². The van der Waals surface area contributed by atoms with Gasteiger partial charge in [0.2, 0.25) is 0 Å². The normalized spacial score (nSPS) is 20.8. The third-order valence-corrected chi connectivity index (χ3v) is 5.71. The SMILES string of the molecule is CCCC(C)(C)C(O)C1(c2ccc(Cl)cc2)CCN(C)CC1. The number of likely N-dealkylation sites (tertiary alicyclic amines) is 1. The quantitative estimate of drug-likeness (QED) is 0.863. The molecule has 0 saturated carbocycles. The lowest BCUT2D eigenvalue weighted by molar-refractivity contribution is -0.0456. The minimum absolute atomic E-state index is 0.0791. The molecule has 3 heteroatoms. The van der Waals surface area contributed by atoms with E-state index < -0.39 is 0 Å². The maximum absolute atomic E-state index is 11.3. The Labute approximate surface area is 140 Å². The topological polar surface area (TPSA) is 23.5 Å². The molecule has 1 atom stereocenters. The molecule has 1 N–H and O–H groups in total. The summed E-state index contributed by atoms with van der Waals surface area (Å²) in [6, 6.07) is 8.13. The van der Waals surface area contributed by atoms with E-state index in [2.05, 4.69) is 44.9 Å². The zero-order chi connectivity index (χ0) is 16.4. The van der Waals surface area contributed by atoms with Crippen LogP contribution in [0.5, 0.6) is 0 Å². The molecule has 0 radical (unpaired) electrons. The van der Waals surface area contributed by atoms with Crippen molar-refractivity contribution in [3.8, 4) is 0 Å². The largest absolute Gasteiger partial charge is 0.392 e. The molecule has 2 nitrogen and oxygen atoms in total. The minimum Gasteiger partial charge on any atom is -0.392 e. The molecule has 1 aliphatic heterocycles. The zero-order valence-corrected chi connectivity index (χ0v) is 15.2. The number of aliphatic hydroxyl groups excluding tert-OH is 1. The van der Waals surface area contributed by atoms with Crippen LogP contribution in [0, 0.1) is 5.41 Å². The maximum atomic E-state index is 11.3. The van der Waals surface area contributed by atoms with Gasteiger partial charge in [-0.1, -0.05) is 50.9 Å². The van der Waals surface area contributed by atoms with Crippen LogP contribution < -0.4 is 0 Å². The van der Waals surface area contributed by atoms with Gasteiger partial charge < -0.3 is 10.0 Å². The molecule has 0 aliphatic carbocycles. The molecule has 1 aliphatic rings. The van der Waals surface area contributed by atoms with Gasteiger partial charge in [0.1, 0.15) is 0 Å². The number of rotatable bonds is 5. The first-order chi connectivity index (χ1) is 10.3. The predicted octanol–water partition coefficient (Wildman–Crippen LogP) is 4.49. The molecule has 1 saturated heterocycles. The van der Waals surface area contributed by atoms with Crippen LogP contribution in [0.3, 0.4) is 0 Å². The minimum atomic E-state index is -0.338. The number of piperidine rings is 1. The molecule has 124 valence electrons. The molecule has 2 rings (SSSR count). The van der Waals surface area contributed by atoms with Crippen LogP contribution in [0.25, 0.3) is 0 Å². The van der Waals surface area contributed by atoms with Crippen molar-refractivity contribution in [2.24, 2.45) is 5.41 Å². The van der Waals surface area contributed by atoms with Gasteiger partial charge in [-0.25, -0.2) is 0 Å². The Bertz CT molecular complexity index is 475. The number of benzene rings is 1. The fraction of sp³-hybridized carbons (Fsp3) is 0.684. The fourth-order valence-corrected chi connectivity index (χ4v) is 4.17. The van der Waals surface area contributed by atoms with E-state index >= 15 is 0 Å². The Balaban J connectivity index is 2.40. The van der Waals surface area contributed by atoms with Crippen molar-refractivity contribution >= 4 is 11.6 Å². The highest BCUT2D eigenvalue weighted by molar-refractivity contribution is 6.30. The van der Waals surface area contributed by atoms with Crippen molar-refractivity contribution in [2.75, 3.05) is 20.1 Å². The van der Waals surface area contributed by atoms with Crippen LogP contribution in [0.15, 0.2) is 24.3 Å². The van der Waals surface area contributed by atoms with Crippen molar-refractivity contribution in [3.05, 3.63) is 34.9 Å². The van der Waals surface area contributed by atoms with Crippen LogP contribution in [-0.2, 0) is 5.41 Å². The summed E-state index contributed by atoms with van der Waals surface area (Å²) in [6.45, 7) is 8.66. The Kier molecular flexibility index (Phi) is 5.58. The molecule has 1 aromatic carbocycles. The molecule has 1 aromatic rings. The summed E-state index contributed by atoms with van der Waals surface area (Å²) in [5.41, 5.74) is 1.00. The van der Waals surface area contributed by atoms with Crippen molar-refractivity contribution in [2.45, 2.75) is 58.0 Å².